The number of hydrogen-bond donors (Lipinski definition) is 4. The van der Waals surface area contributed by atoms with E-state index >= 15 is 0 Å². The second-order valence-corrected chi connectivity index (χ2v) is 9.46. The van der Waals surface area contributed by atoms with E-state index in [-0.39, 0.29) is 18.5 Å². The van der Waals surface area contributed by atoms with E-state index < -0.39 is 0 Å². The molecule has 0 radical (unpaired) electrons. The lowest BCUT2D eigenvalue weighted by Gasteiger charge is -2.19. The van der Waals surface area contributed by atoms with Crippen LogP contribution in [0.15, 0.2) is 85.1 Å². The first kappa shape index (κ1) is 25.3. The number of aryl methyl sites for hydroxylation is 2. The molecular weight excluding hydrogens is 474 g/mol. The highest BCUT2D eigenvalue weighted by Crippen LogP contribution is 2.29. The number of aromatic nitrogens is 3. The summed E-state index contributed by atoms with van der Waals surface area (Å²) in [4.78, 5) is 15.9. The predicted molar refractivity (Wildman–Crippen MR) is 150 cm³/mol. The van der Waals surface area contributed by atoms with E-state index in [2.05, 4.69) is 63.9 Å². The number of benzene rings is 3. The quantitative estimate of drug-likeness (QED) is 0.209. The summed E-state index contributed by atoms with van der Waals surface area (Å²) in [7, 11) is 1.67. The summed E-state index contributed by atoms with van der Waals surface area (Å²) in [5.74, 6) is 0.608. The van der Waals surface area contributed by atoms with Crippen molar-refractivity contribution in [2.24, 2.45) is 5.73 Å². The summed E-state index contributed by atoms with van der Waals surface area (Å²) in [5, 5.41) is 12.4. The molecule has 7 nitrogen and oxygen atoms in total. The van der Waals surface area contributed by atoms with Crippen LogP contribution in [0, 0.1) is 0 Å². The van der Waals surface area contributed by atoms with Gasteiger partial charge in [0.05, 0.1) is 25.4 Å². The summed E-state index contributed by atoms with van der Waals surface area (Å²) < 4.78 is 5.35. The van der Waals surface area contributed by atoms with E-state index in [0.29, 0.717) is 12.8 Å². The molecule has 5 rings (SSSR count). The van der Waals surface area contributed by atoms with Crippen LogP contribution in [0.1, 0.15) is 39.7 Å². The molecule has 0 saturated carbocycles. The van der Waals surface area contributed by atoms with Gasteiger partial charge < -0.3 is 20.8 Å². The Kier molecular flexibility index (Phi) is 7.85. The lowest BCUT2D eigenvalue weighted by atomic mass is 9.94. The van der Waals surface area contributed by atoms with Gasteiger partial charge in [-0.3, -0.25) is 9.89 Å². The molecule has 0 aliphatic rings. The molecule has 5 aromatic rings. The van der Waals surface area contributed by atoms with Crippen molar-refractivity contribution in [3.63, 3.8) is 0 Å². The Balaban J connectivity index is 1.51. The number of nitrogens with one attached hydrogen (secondary N) is 3. The molecule has 0 bridgehead atoms. The SMILES string of the molecule is COc1ccc(Cc2c(C(Cc3c[nH]c4ccccc34)NC(=O)CN)n[nH]c2CCc2ccccc2)cc1. The maximum Gasteiger partial charge on any atom is 0.234 e. The molecule has 7 heteroatoms. The number of para-hydroxylation sites is 1. The first-order chi connectivity index (χ1) is 18.6. The molecule has 194 valence electrons. The number of nitrogens with two attached hydrogens (primary N) is 1. The third kappa shape index (κ3) is 5.79. The zero-order valence-corrected chi connectivity index (χ0v) is 21.5. The van der Waals surface area contributed by atoms with Crippen LogP contribution in [0.2, 0.25) is 0 Å². The minimum absolute atomic E-state index is 0.0799. The van der Waals surface area contributed by atoms with Crippen molar-refractivity contribution in [1.82, 2.24) is 20.5 Å². The van der Waals surface area contributed by atoms with Crippen LogP contribution in [0.4, 0.5) is 0 Å². The summed E-state index contributed by atoms with van der Waals surface area (Å²) in [6.45, 7) is -0.0799. The Bertz CT molecular complexity index is 1490. The predicted octanol–water partition coefficient (Wildman–Crippen LogP) is 4.63. The maximum absolute atomic E-state index is 12.5. The number of hydrogen-bond acceptors (Lipinski definition) is 4. The Labute approximate surface area is 222 Å². The summed E-state index contributed by atoms with van der Waals surface area (Å²) >= 11 is 0. The zero-order chi connectivity index (χ0) is 26.3. The number of H-pyrrole nitrogens is 2. The third-order valence-corrected chi connectivity index (χ3v) is 6.98. The normalized spacial score (nSPS) is 11.9. The number of methoxy groups -OCH3 is 1. The summed E-state index contributed by atoms with van der Waals surface area (Å²) in [6, 6.07) is 26.4. The van der Waals surface area contributed by atoms with E-state index in [4.69, 9.17) is 15.6 Å². The van der Waals surface area contributed by atoms with Gasteiger partial charge >= 0.3 is 0 Å². The number of ether oxygens (including phenoxy) is 1. The molecule has 0 fully saturated rings. The molecule has 0 aliphatic heterocycles. The minimum Gasteiger partial charge on any atom is -0.497 e. The van der Waals surface area contributed by atoms with Crippen molar-refractivity contribution in [3.05, 3.63) is 119 Å². The number of fused-ring (bicyclic) bond motifs is 1. The van der Waals surface area contributed by atoms with Gasteiger partial charge in [-0.15, -0.1) is 0 Å². The Morgan fingerprint density at radius 3 is 2.50 bits per heavy atom. The topological polar surface area (TPSA) is 109 Å². The van der Waals surface area contributed by atoms with Crippen LogP contribution < -0.4 is 15.8 Å². The van der Waals surface area contributed by atoms with E-state index in [1.807, 2.05) is 36.5 Å². The molecule has 0 spiro atoms. The Morgan fingerprint density at radius 2 is 1.74 bits per heavy atom. The highest BCUT2D eigenvalue weighted by atomic mass is 16.5. The largest absolute Gasteiger partial charge is 0.497 e. The Morgan fingerprint density at radius 1 is 0.974 bits per heavy atom. The molecule has 2 aromatic heterocycles. The highest BCUT2D eigenvalue weighted by molar-refractivity contribution is 5.83. The second kappa shape index (κ2) is 11.8. The minimum atomic E-state index is -0.333. The number of rotatable bonds is 11. The van der Waals surface area contributed by atoms with Gasteiger partial charge in [-0.25, -0.2) is 0 Å². The fraction of sp³-hybridized carbons (Fsp3) is 0.226. The number of carbonyl (C=O) groups is 1. The molecule has 0 saturated heterocycles. The number of aromatic amines is 2. The van der Waals surface area contributed by atoms with Crippen LogP contribution >= 0.6 is 0 Å². The lowest BCUT2D eigenvalue weighted by molar-refractivity contribution is -0.120. The number of carbonyl (C=O) groups excluding carboxylic acids is 1. The van der Waals surface area contributed by atoms with Crippen molar-refractivity contribution >= 4 is 16.8 Å². The van der Waals surface area contributed by atoms with Crippen LogP contribution in [0.5, 0.6) is 5.75 Å². The van der Waals surface area contributed by atoms with Crippen LogP contribution in [0.25, 0.3) is 10.9 Å². The van der Waals surface area contributed by atoms with Gasteiger partial charge in [-0.2, -0.15) is 5.10 Å². The van der Waals surface area contributed by atoms with E-state index in [1.165, 1.54) is 5.56 Å². The third-order valence-electron chi connectivity index (χ3n) is 6.98. The molecule has 38 heavy (non-hydrogen) atoms. The summed E-state index contributed by atoms with van der Waals surface area (Å²) in [5.41, 5.74) is 13.3. The molecule has 5 N–H and O–H groups in total. The van der Waals surface area contributed by atoms with Crippen molar-refractivity contribution in [2.45, 2.75) is 31.7 Å². The van der Waals surface area contributed by atoms with Gasteiger partial charge in [0.15, 0.2) is 0 Å². The van der Waals surface area contributed by atoms with Gasteiger partial charge in [0, 0.05) is 41.2 Å². The van der Waals surface area contributed by atoms with Gasteiger partial charge in [0.1, 0.15) is 5.75 Å². The van der Waals surface area contributed by atoms with Gasteiger partial charge in [0.2, 0.25) is 5.91 Å². The smallest absolute Gasteiger partial charge is 0.234 e. The van der Waals surface area contributed by atoms with E-state index in [1.54, 1.807) is 7.11 Å². The van der Waals surface area contributed by atoms with Crippen molar-refractivity contribution in [2.75, 3.05) is 13.7 Å². The number of amides is 1. The fourth-order valence-electron chi connectivity index (χ4n) is 4.96. The zero-order valence-electron chi connectivity index (χ0n) is 21.5. The molecule has 2 heterocycles. The summed E-state index contributed by atoms with van der Waals surface area (Å²) in [6.07, 6.45) is 4.99. The fourth-order valence-corrected chi connectivity index (χ4v) is 4.96. The first-order valence-electron chi connectivity index (χ1n) is 12.9. The van der Waals surface area contributed by atoms with Crippen LogP contribution in [-0.4, -0.2) is 34.7 Å². The first-order valence-corrected chi connectivity index (χ1v) is 12.9. The highest BCUT2D eigenvalue weighted by Gasteiger charge is 2.25. The van der Waals surface area contributed by atoms with Crippen LogP contribution in [0.3, 0.4) is 0 Å². The van der Waals surface area contributed by atoms with Gasteiger partial charge in [-0.1, -0.05) is 60.7 Å². The number of nitrogens with zero attached hydrogens (tertiary/aromatic N) is 1. The Hall–Kier alpha value is -4.36. The molecule has 1 atom stereocenters. The maximum atomic E-state index is 12.5. The van der Waals surface area contributed by atoms with E-state index in [0.717, 1.165) is 57.6 Å². The van der Waals surface area contributed by atoms with Gasteiger partial charge in [-0.05, 0) is 47.7 Å². The molecule has 1 unspecified atom stereocenters. The second-order valence-electron chi connectivity index (χ2n) is 9.46. The average molecular weight is 508 g/mol. The molecule has 3 aromatic carbocycles. The van der Waals surface area contributed by atoms with Crippen LogP contribution in [-0.2, 0) is 30.5 Å². The van der Waals surface area contributed by atoms with Crippen molar-refractivity contribution in [3.8, 4) is 5.75 Å². The average Bonchev–Trinajstić information content (AvgIpc) is 3.56. The monoisotopic (exact) mass is 507 g/mol. The molecule has 0 aliphatic carbocycles. The molecular formula is C31H33N5O2. The standard InChI is InChI=1S/C31H33N5O2/c1-38-24-14-11-22(12-15-24)17-26-28(16-13-21-7-3-2-4-8-21)35-36-31(26)29(34-30(37)19-32)18-23-20-33-27-10-6-5-9-25(23)27/h2-12,14-15,20,29,33H,13,16-19,32H2,1H3,(H,34,37)(H,35,36). The van der Waals surface area contributed by atoms with Crippen molar-refractivity contribution < 1.29 is 9.53 Å². The van der Waals surface area contributed by atoms with Crippen molar-refractivity contribution in [1.29, 1.82) is 0 Å². The van der Waals surface area contributed by atoms with E-state index in [9.17, 15) is 4.79 Å². The lowest BCUT2D eigenvalue weighted by Crippen LogP contribution is -2.35. The van der Waals surface area contributed by atoms with Gasteiger partial charge in [0.25, 0.3) is 0 Å². The molecule has 1 amide bonds.